The van der Waals surface area contributed by atoms with Crippen molar-refractivity contribution >= 4 is 46.2 Å². The maximum absolute atomic E-state index is 12.1. The van der Waals surface area contributed by atoms with Gasteiger partial charge >= 0.3 is 6.03 Å². The number of urea groups is 1. The molecule has 0 aromatic heterocycles. The number of rotatable bonds is 3. The number of anilines is 2. The van der Waals surface area contributed by atoms with Gasteiger partial charge in [-0.25, -0.2) is 4.79 Å². The highest BCUT2D eigenvalue weighted by atomic mass is 35.5. The van der Waals surface area contributed by atoms with Crippen LogP contribution in [0.2, 0.25) is 5.02 Å². The van der Waals surface area contributed by atoms with E-state index in [1.165, 1.54) is 0 Å². The molecule has 6 heteroatoms. The predicted octanol–water partition coefficient (Wildman–Crippen LogP) is 3.93. The van der Waals surface area contributed by atoms with Crippen molar-refractivity contribution in [3.63, 3.8) is 0 Å². The Hall–Kier alpha value is -2.11. The van der Waals surface area contributed by atoms with Gasteiger partial charge in [-0.15, -0.1) is 0 Å². The zero-order valence-corrected chi connectivity index (χ0v) is 12.9. The molecule has 0 unspecified atom stereocenters. The van der Waals surface area contributed by atoms with Gasteiger partial charge in [0.25, 0.3) is 0 Å². The van der Waals surface area contributed by atoms with Crippen LogP contribution in [0.5, 0.6) is 0 Å². The molecule has 0 saturated heterocycles. The Kier molecular flexibility index (Phi) is 4.77. The molecule has 0 radical (unpaired) electrons. The first kappa shape index (κ1) is 15.3. The molecule has 21 heavy (non-hydrogen) atoms. The molecule has 4 nitrogen and oxygen atoms in total. The van der Waals surface area contributed by atoms with E-state index in [-0.39, 0.29) is 4.99 Å². The maximum atomic E-state index is 12.1. The van der Waals surface area contributed by atoms with Crippen LogP contribution in [0, 0.1) is 6.92 Å². The first-order valence-electron chi connectivity index (χ1n) is 6.21. The van der Waals surface area contributed by atoms with Crippen molar-refractivity contribution in [2.45, 2.75) is 6.92 Å². The van der Waals surface area contributed by atoms with Crippen LogP contribution in [0.1, 0.15) is 11.1 Å². The molecule has 2 rings (SSSR count). The maximum Gasteiger partial charge on any atom is 0.323 e. The van der Waals surface area contributed by atoms with Crippen molar-refractivity contribution in [1.29, 1.82) is 0 Å². The lowest BCUT2D eigenvalue weighted by Gasteiger charge is -2.13. The zero-order valence-electron chi connectivity index (χ0n) is 11.3. The van der Waals surface area contributed by atoms with Gasteiger partial charge in [-0.3, -0.25) is 0 Å². The average Bonchev–Trinajstić information content (AvgIpc) is 2.41. The minimum Gasteiger partial charge on any atom is -0.389 e. The number of thiocarbonyl (C=S) groups is 1. The summed E-state index contributed by atoms with van der Waals surface area (Å²) in [5, 5.41) is 5.87. The minimum atomic E-state index is -0.411. The summed E-state index contributed by atoms with van der Waals surface area (Å²) in [5.74, 6) is 0. The second kappa shape index (κ2) is 6.56. The van der Waals surface area contributed by atoms with Crippen LogP contribution in [0.4, 0.5) is 16.2 Å². The number of hydrogen-bond acceptors (Lipinski definition) is 2. The van der Waals surface area contributed by atoms with E-state index in [9.17, 15) is 4.79 Å². The lowest BCUT2D eigenvalue weighted by molar-refractivity contribution is 0.262. The average molecular weight is 320 g/mol. The number of carbonyl (C=O) groups excluding carboxylic acids is 1. The summed E-state index contributed by atoms with van der Waals surface area (Å²) in [7, 11) is 0. The Balaban J connectivity index is 2.19. The molecule has 0 saturated carbocycles. The van der Waals surface area contributed by atoms with Gasteiger partial charge in [0.2, 0.25) is 0 Å². The Morgan fingerprint density at radius 2 is 1.71 bits per heavy atom. The van der Waals surface area contributed by atoms with Gasteiger partial charge in [-0.05, 0) is 30.7 Å². The third-order valence-electron chi connectivity index (χ3n) is 2.89. The Morgan fingerprint density at radius 1 is 1.10 bits per heavy atom. The Bertz CT molecular complexity index is 703. The van der Waals surface area contributed by atoms with E-state index in [2.05, 4.69) is 10.6 Å². The smallest absolute Gasteiger partial charge is 0.323 e. The topological polar surface area (TPSA) is 67.2 Å². The van der Waals surface area contributed by atoms with Crippen LogP contribution in [0.15, 0.2) is 42.5 Å². The van der Waals surface area contributed by atoms with Crippen LogP contribution in [-0.4, -0.2) is 11.0 Å². The van der Waals surface area contributed by atoms with Gasteiger partial charge in [0.05, 0.1) is 16.4 Å². The molecular formula is C15H14ClN3OS. The number of halogens is 1. The van der Waals surface area contributed by atoms with Gasteiger partial charge in [-0.1, -0.05) is 48.1 Å². The van der Waals surface area contributed by atoms with Crippen LogP contribution >= 0.6 is 23.8 Å². The molecule has 2 aromatic carbocycles. The Labute approximate surface area is 133 Å². The molecule has 0 bridgehead atoms. The third kappa shape index (κ3) is 3.71. The van der Waals surface area contributed by atoms with Crippen molar-refractivity contribution < 1.29 is 4.79 Å². The molecular weight excluding hydrogens is 306 g/mol. The predicted molar refractivity (Wildman–Crippen MR) is 91.2 cm³/mol. The first-order chi connectivity index (χ1) is 9.99. The fraction of sp³-hybridized carbons (Fsp3) is 0.0667. The lowest BCUT2D eigenvalue weighted by atomic mass is 10.1. The molecule has 0 spiro atoms. The van der Waals surface area contributed by atoms with Crippen LogP contribution in [0.3, 0.4) is 0 Å². The van der Waals surface area contributed by atoms with Gasteiger partial charge < -0.3 is 16.4 Å². The van der Waals surface area contributed by atoms with Gasteiger partial charge in [0.1, 0.15) is 4.99 Å². The van der Waals surface area contributed by atoms with Crippen LogP contribution in [-0.2, 0) is 0 Å². The molecule has 0 aliphatic rings. The second-order valence-electron chi connectivity index (χ2n) is 4.42. The van der Waals surface area contributed by atoms with E-state index < -0.39 is 6.03 Å². The summed E-state index contributed by atoms with van der Waals surface area (Å²) in [6.45, 7) is 1.88. The van der Waals surface area contributed by atoms with E-state index in [1.54, 1.807) is 30.3 Å². The molecule has 0 fully saturated rings. The second-order valence-corrected chi connectivity index (χ2v) is 5.27. The third-order valence-corrected chi connectivity index (χ3v) is 3.42. The summed E-state index contributed by atoms with van der Waals surface area (Å²) in [6.07, 6.45) is 0. The molecule has 108 valence electrons. The fourth-order valence-electron chi connectivity index (χ4n) is 1.94. The highest BCUT2D eigenvalue weighted by molar-refractivity contribution is 7.80. The quantitative estimate of drug-likeness (QED) is 0.751. The number of aryl methyl sites for hydroxylation is 1. The molecule has 0 aliphatic carbocycles. The first-order valence-corrected chi connectivity index (χ1v) is 6.99. The van der Waals surface area contributed by atoms with E-state index >= 15 is 0 Å². The zero-order chi connectivity index (χ0) is 15.4. The Morgan fingerprint density at radius 3 is 2.38 bits per heavy atom. The van der Waals surface area contributed by atoms with Crippen molar-refractivity contribution in [1.82, 2.24) is 0 Å². The summed E-state index contributed by atoms with van der Waals surface area (Å²) < 4.78 is 0. The van der Waals surface area contributed by atoms with Crippen molar-refractivity contribution in [3.05, 3.63) is 58.6 Å². The summed E-state index contributed by atoms with van der Waals surface area (Å²) in [6, 6.07) is 12.0. The number of para-hydroxylation sites is 1. The molecule has 0 heterocycles. The molecule has 2 aromatic rings. The van der Waals surface area contributed by atoms with Crippen LogP contribution in [0.25, 0.3) is 0 Å². The normalized spacial score (nSPS) is 10.0. The van der Waals surface area contributed by atoms with E-state index in [4.69, 9.17) is 29.6 Å². The van der Waals surface area contributed by atoms with Gasteiger partial charge in [-0.2, -0.15) is 0 Å². The largest absolute Gasteiger partial charge is 0.389 e. The highest BCUT2D eigenvalue weighted by Gasteiger charge is 2.11. The lowest BCUT2D eigenvalue weighted by Crippen LogP contribution is -2.23. The molecule has 0 aliphatic heterocycles. The van der Waals surface area contributed by atoms with Gasteiger partial charge in [0.15, 0.2) is 0 Å². The number of nitrogens with two attached hydrogens (primary N) is 1. The number of benzene rings is 2. The number of hydrogen-bond donors (Lipinski definition) is 3. The fourth-order valence-corrected chi connectivity index (χ4v) is 2.39. The standard InChI is InChI=1S/C15H14ClN3OS/c1-9-5-4-8-12(13(9)14(17)21)19-15(20)18-11-7-3-2-6-10(11)16/h2-8H,1H3,(H2,17,21)(H2,18,19,20). The van der Waals surface area contributed by atoms with E-state index in [1.807, 2.05) is 19.1 Å². The summed E-state index contributed by atoms with van der Waals surface area (Å²) >= 11 is 11.0. The number of nitrogens with one attached hydrogen (secondary N) is 2. The molecule has 2 amide bonds. The summed E-state index contributed by atoms with van der Waals surface area (Å²) in [5.41, 5.74) is 8.35. The van der Waals surface area contributed by atoms with Crippen molar-refractivity contribution in [2.75, 3.05) is 10.6 Å². The van der Waals surface area contributed by atoms with Crippen molar-refractivity contribution in [2.24, 2.45) is 5.73 Å². The molecule has 4 N–H and O–H groups in total. The van der Waals surface area contributed by atoms with E-state index in [0.717, 1.165) is 5.56 Å². The SMILES string of the molecule is Cc1cccc(NC(=O)Nc2ccccc2Cl)c1C(N)=S. The van der Waals surface area contributed by atoms with E-state index in [0.29, 0.717) is 22.0 Å². The number of amides is 2. The van der Waals surface area contributed by atoms with Gasteiger partial charge in [0, 0.05) is 5.56 Å². The minimum absolute atomic E-state index is 0.237. The monoisotopic (exact) mass is 319 g/mol. The van der Waals surface area contributed by atoms with Crippen LogP contribution < -0.4 is 16.4 Å². The van der Waals surface area contributed by atoms with Crippen molar-refractivity contribution in [3.8, 4) is 0 Å². The highest BCUT2D eigenvalue weighted by Crippen LogP contribution is 2.22. The number of carbonyl (C=O) groups is 1. The molecule has 0 atom stereocenters. The summed E-state index contributed by atoms with van der Waals surface area (Å²) in [4.78, 5) is 12.3.